The molecule has 30 heavy (non-hydrogen) atoms. The van der Waals surface area contributed by atoms with E-state index in [2.05, 4.69) is 20.8 Å². The molecule has 0 unspecified atom stereocenters. The van der Waals surface area contributed by atoms with Gasteiger partial charge in [0.15, 0.2) is 5.69 Å². The smallest absolute Gasteiger partial charge is 0.273 e. The molecule has 3 rings (SSSR count). The van der Waals surface area contributed by atoms with Crippen LogP contribution in [0.2, 0.25) is 0 Å². The average Bonchev–Trinajstić information content (AvgIpc) is 3.34. The fraction of sp³-hybridized carbons (Fsp3) is 0.333. The van der Waals surface area contributed by atoms with Gasteiger partial charge in [-0.1, -0.05) is 18.1 Å². The van der Waals surface area contributed by atoms with E-state index in [1.54, 1.807) is 31.2 Å². The highest BCUT2D eigenvalue weighted by molar-refractivity contribution is 5.92. The summed E-state index contributed by atoms with van der Waals surface area (Å²) in [6.45, 7) is 3.96. The third-order valence-corrected chi connectivity index (χ3v) is 4.27. The molecular formula is C21H24N4O5. The summed E-state index contributed by atoms with van der Waals surface area (Å²) in [6, 6.07) is 8.77. The number of rotatable bonds is 9. The zero-order valence-corrected chi connectivity index (χ0v) is 17.2. The van der Waals surface area contributed by atoms with Gasteiger partial charge in [-0.15, -0.1) is 0 Å². The van der Waals surface area contributed by atoms with E-state index in [-0.39, 0.29) is 30.7 Å². The van der Waals surface area contributed by atoms with Gasteiger partial charge < -0.3 is 24.3 Å². The Labute approximate surface area is 173 Å². The van der Waals surface area contributed by atoms with Crippen LogP contribution in [-0.2, 0) is 22.5 Å². The van der Waals surface area contributed by atoms with E-state index < -0.39 is 0 Å². The number of carbonyl (C=O) groups excluding carboxylic acids is 2. The van der Waals surface area contributed by atoms with E-state index >= 15 is 0 Å². The Morgan fingerprint density at radius 2 is 2.07 bits per heavy atom. The van der Waals surface area contributed by atoms with Gasteiger partial charge in [0, 0.05) is 30.8 Å². The number of carbonyl (C=O) groups is 2. The molecule has 2 aromatic heterocycles. The summed E-state index contributed by atoms with van der Waals surface area (Å²) in [5.74, 6) is 1.07. The van der Waals surface area contributed by atoms with E-state index in [9.17, 15) is 9.59 Å². The van der Waals surface area contributed by atoms with Crippen molar-refractivity contribution >= 4 is 17.5 Å². The largest absolute Gasteiger partial charge is 0.441 e. The average molecular weight is 412 g/mol. The summed E-state index contributed by atoms with van der Waals surface area (Å²) in [5, 5.41) is 9.30. The zero-order chi connectivity index (χ0) is 21.5. The van der Waals surface area contributed by atoms with Gasteiger partial charge in [-0.2, -0.15) is 0 Å². The molecule has 0 radical (unpaired) electrons. The predicted molar refractivity (Wildman–Crippen MR) is 109 cm³/mol. The van der Waals surface area contributed by atoms with Gasteiger partial charge >= 0.3 is 0 Å². The molecule has 2 amide bonds. The van der Waals surface area contributed by atoms with Crippen LogP contribution in [0, 0.1) is 6.92 Å². The SMILES string of the molecule is CCCc1cc(C(=O)NCc2nc(-c3cccc(NC(=O)COC)c3)oc2C)no1. The van der Waals surface area contributed by atoms with Crippen molar-refractivity contribution in [3.63, 3.8) is 0 Å². The van der Waals surface area contributed by atoms with E-state index in [4.69, 9.17) is 13.7 Å². The third-order valence-electron chi connectivity index (χ3n) is 4.27. The molecule has 2 N–H and O–H groups in total. The molecule has 2 heterocycles. The van der Waals surface area contributed by atoms with Gasteiger partial charge in [0.25, 0.3) is 5.91 Å². The molecule has 1 aromatic carbocycles. The molecular weight excluding hydrogens is 388 g/mol. The number of oxazole rings is 1. The number of ether oxygens (including phenoxy) is 1. The van der Waals surface area contributed by atoms with Crippen LogP contribution in [0.4, 0.5) is 5.69 Å². The van der Waals surface area contributed by atoms with Crippen molar-refractivity contribution in [3.05, 3.63) is 53.2 Å². The second-order valence-electron chi connectivity index (χ2n) is 6.70. The number of nitrogens with one attached hydrogen (secondary N) is 2. The van der Waals surface area contributed by atoms with Crippen LogP contribution in [0.15, 0.2) is 39.3 Å². The van der Waals surface area contributed by atoms with Gasteiger partial charge in [-0.3, -0.25) is 9.59 Å². The van der Waals surface area contributed by atoms with E-state index in [1.165, 1.54) is 7.11 Å². The summed E-state index contributed by atoms with van der Waals surface area (Å²) < 4.78 is 15.7. The van der Waals surface area contributed by atoms with E-state index in [0.717, 1.165) is 12.8 Å². The first-order valence-electron chi connectivity index (χ1n) is 9.59. The molecule has 0 saturated heterocycles. The first-order valence-corrected chi connectivity index (χ1v) is 9.59. The number of hydrogen-bond acceptors (Lipinski definition) is 7. The molecule has 0 aliphatic carbocycles. The Morgan fingerprint density at radius 3 is 2.83 bits per heavy atom. The van der Waals surface area contributed by atoms with Gasteiger partial charge in [0.05, 0.1) is 6.54 Å². The Hall–Kier alpha value is -3.46. The summed E-state index contributed by atoms with van der Waals surface area (Å²) in [7, 11) is 1.46. The summed E-state index contributed by atoms with van der Waals surface area (Å²) in [5.41, 5.74) is 2.14. The maximum absolute atomic E-state index is 12.3. The Kier molecular flexibility index (Phi) is 6.97. The standard InChI is InChI=1S/C21H24N4O5/c1-4-6-16-10-17(25-30-16)20(27)22-11-18-13(2)29-21(24-18)14-7-5-8-15(9-14)23-19(26)12-28-3/h5,7-10H,4,6,11-12H2,1-3H3,(H,22,27)(H,23,26). The van der Waals surface area contributed by atoms with Crippen molar-refractivity contribution in [2.45, 2.75) is 33.2 Å². The highest BCUT2D eigenvalue weighted by atomic mass is 16.5. The second-order valence-corrected chi connectivity index (χ2v) is 6.70. The van der Waals surface area contributed by atoms with Crippen LogP contribution >= 0.6 is 0 Å². The topological polar surface area (TPSA) is 119 Å². The first kappa shape index (κ1) is 21.3. The fourth-order valence-corrected chi connectivity index (χ4v) is 2.81. The molecule has 0 bridgehead atoms. The maximum Gasteiger partial charge on any atom is 0.273 e. The molecule has 9 heteroatoms. The summed E-state index contributed by atoms with van der Waals surface area (Å²) in [4.78, 5) is 28.5. The lowest BCUT2D eigenvalue weighted by molar-refractivity contribution is -0.119. The van der Waals surface area contributed by atoms with Crippen LogP contribution < -0.4 is 10.6 Å². The molecule has 3 aromatic rings. The molecule has 9 nitrogen and oxygen atoms in total. The van der Waals surface area contributed by atoms with Crippen LogP contribution in [0.3, 0.4) is 0 Å². The maximum atomic E-state index is 12.3. The quantitative estimate of drug-likeness (QED) is 0.554. The van der Waals surface area contributed by atoms with Crippen molar-refractivity contribution in [1.29, 1.82) is 0 Å². The lowest BCUT2D eigenvalue weighted by atomic mass is 10.2. The number of methoxy groups -OCH3 is 1. The van der Waals surface area contributed by atoms with Crippen LogP contribution in [0.1, 0.15) is 41.0 Å². The minimum absolute atomic E-state index is 0.0301. The molecule has 158 valence electrons. The van der Waals surface area contributed by atoms with Gasteiger partial charge in [-0.25, -0.2) is 4.98 Å². The highest BCUT2D eigenvalue weighted by Gasteiger charge is 2.16. The van der Waals surface area contributed by atoms with Gasteiger partial charge in [0.2, 0.25) is 11.8 Å². The summed E-state index contributed by atoms with van der Waals surface area (Å²) in [6.07, 6.45) is 1.64. The molecule has 0 spiro atoms. The first-order chi connectivity index (χ1) is 14.5. The van der Waals surface area contributed by atoms with Crippen molar-refractivity contribution < 1.29 is 23.3 Å². The van der Waals surface area contributed by atoms with E-state index in [0.29, 0.717) is 34.4 Å². The normalized spacial score (nSPS) is 10.8. The predicted octanol–water partition coefficient (Wildman–Crippen LogP) is 3.11. The second kappa shape index (κ2) is 9.84. The van der Waals surface area contributed by atoms with Crippen molar-refractivity contribution in [1.82, 2.24) is 15.5 Å². The van der Waals surface area contributed by atoms with E-state index in [1.807, 2.05) is 13.0 Å². The Morgan fingerprint density at radius 1 is 1.23 bits per heavy atom. The van der Waals surface area contributed by atoms with Crippen molar-refractivity contribution in [2.75, 3.05) is 19.0 Å². The van der Waals surface area contributed by atoms with Gasteiger partial charge in [0.1, 0.15) is 23.8 Å². The number of aromatic nitrogens is 2. The Bertz CT molecular complexity index is 1020. The van der Waals surface area contributed by atoms with Crippen molar-refractivity contribution in [2.24, 2.45) is 0 Å². The number of anilines is 1. The molecule has 0 atom stereocenters. The van der Waals surface area contributed by atoms with Gasteiger partial charge in [-0.05, 0) is 31.5 Å². The number of nitrogens with zero attached hydrogens (tertiary/aromatic N) is 2. The third kappa shape index (κ3) is 5.32. The number of aryl methyl sites for hydroxylation is 2. The van der Waals surface area contributed by atoms with Crippen molar-refractivity contribution in [3.8, 4) is 11.5 Å². The molecule has 0 aliphatic heterocycles. The number of amides is 2. The Balaban J connectivity index is 1.66. The molecule has 0 saturated carbocycles. The molecule has 0 aliphatic rings. The number of benzene rings is 1. The minimum Gasteiger partial charge on any atom is -0.441 e. The lowest BCUT2D eigenvalue weighted by Gasteiger charge is -2.05. The monoisotopic (exact) mass is 412 g/mol. The minimum atomic E-state index is -0.340. The fourth-order valence-electron chi connectivity index (χ4n) is 2.81. The van der Waals surface area contributed by atoms with Crippen LogP contribution in [0.25, 0.3) is 11.5 Å². The summed E-state index contributed by atoms with van der Waals surface area (Å²) >= 11 is 0. The lowest BCUT2D eigenvalue weighted by Crippen LogP contribution is -2.23. The highest BCUT2D eigenvalue weighted by Crippen LogP contribution is 2.24. The molecule has 0 fully saturated rings. The number of hydrogen-bond donors (Lipinski definition) is 2. The van der Waals surface area contributed by atoms with Crippen LogP contribution in [0.5, 0.6) is 0 Å². The zero-order valence-electron chi connectivity index (χ0n) is 17.2. The van der Waals surface area contributed by atoms with Crippen LogP contribution in [-0.4, -0.2) is 35.7 Å².